The van der Waals surface area contributed by atoms with Gasteiger partial charge in [-0.3, -0.25) is 44.1 Å². The van der Waals surface area contributed by atoms with Gasteiger partial charge < -0.3 is 24.5 Å². The molecule has 7 saturated heterocycles. The van der Waals surface area contributed by atoms with Crippen LogP contribution in [0, 0.1) is 5.92 Å². The molecule has 14 nitrogen and oxygen atoms in total. The highest BCUT2D eigenvalue weighted by Gasteiger charge is 2.32. The molecule has 0 amide bonds. The Morgan fingerprint density at radius 3 is 0.687 bits per heavy atom. The number of nitrogens with zero attached hydrogens (tertiary/aromatic N) is 14. The lowest BCUT2D eigenvalue weighted by Crippen LogP contribution is -2.50. The lowest BCUT2D eigenvalue weighted by Gasteiger charge is -2.38. The van der Waals surface area contributed by atoms with E-state index in [0.717, 1.165) is 61.3 Å². The molecule has 83 heavy (non-hydrogen) atoms. The van der Waals surface area contributed by atoms with Gasteiger partial charge in [-0.25, -0.2) is 0 Å². The molecule has 7 rings (SSSR count). The zero-order chi connectivity index (χ0) is 62.8. The molecular weight excluding hydrogens is 1050 g/mol. The third-order valence-corrected chi connectivity index (χ3v) is 18.2. The first-order valence-corrected chi connectivity index (χ1v) is 34.3. The third kappa shape index (κ3) is 37.1. The van der Waals surface area contributed by atoms with Crippen LogP contribution >= 0.6 is 0 Å². The fourth-order valence-electron chi connectivity index (χ4n) is 11.8. The van der Waals surface area contributed by atoms with E-state index in [4.69, 9.17) is 0 Å². The van der Waals surface area contributed by atoms with Crippen LogP contribution in [0.25, 0.3) is 0 Å². The Hall–Kier alpha value is -0.770. The van der Waals surface area contributed by atoms with E-state index in [1.165, 1.54) is 195 Å². The predicted molar refractivity (Wildman–Crippen MR) is 356 cm³/mol. The van der Waals surface area contributed by atoms with Gasteiger partial charge in [-0.05, 0) is 150 Å². The van der Waals surface area contributed by atoms with Crippen molar-refractivity contribution in [1.29, 1.82) is 0 Å². The number of rotatable bonds is 15. The predicted octanol–water partition coefficient (Wildman–Crippen LogP) is 8.79. The van der Waals surface area contributed by atoms with Crippen LogP contribution in [0.1, 0.15) is 152 Å². The van der Waals surface area contributed by atoms with Gasteiger partial charge in [0.15, 0.2) is 0 Å². The van der Waals surface area contributed by atoms with Crippen molar-refractivity contribution in [2.24, 2.45) is 5.92 Å². The van der Waals surface area contributed by atoms with Crippen molar-refractivity contribution < 1.29 is 13.2 Å². The summed E-state index contributed by atoms with van der Waals surface area (Å²) in [5, 5.41) is 0. The van der Waals surface area contributed by atoms with Crippen molar-refractivity contribution in [3.8, 4) is 0 Å². The van der Waals surface area contributed by atoms with Crippen molar-refractivity contribution in [2.75, 3.05) is 223 Å². The minimum atomic E-state index is -4.06. The van der Waals surface area contributed by atoms with Gasteiger partial charge in [-0.1, -0.05) is 34.6 Å². The Morgan fingerprint density at radius 2 is 0.482 bits per heavy atom. The molecule has 0 N–H and O–H groups in total. The molecule has 0 aromatic carbocycles. The van der Waals surface area contributed by atoms with E-state index in [9.17, 15) is 13.2 Å². The summed E-state index contributed by atoms with van der Waals surface area (Å²) in [6.07, 6.45) is -2.76. The average molecular weight is 1190 g/mol. The molecule has 0 bridgehead atoms. The Morgan fingerprint density at radius 1 is 0.277 bits per heavy atom. The maximum Gasteiger partial charge on any atom is 0.401 e. The molecule has 0 saturated carbocycles. The van der Waals surface area contributed by atoms with Crippen molar-refractivity contribution in [1.82, 2.24) is 68.6 Å². The van der Waals surface area contributed by atoms with Gasteiger partial charge >= 0.3 is 6.18 Å². The minimum absolute atomic E-state index is 0.433. The van der Waals surface area contributed by atoms with E-state index < -0.39 is 12.7 Å². The van der Waals surface area contributed by atoms with Crippen LogP contribution in [0.15, 0.2) is 0 Å². The highest BCUT2D eigenvalue weighted by atomic mass is 19.4. The SMILES string of the molecule is CC(C)CN1CCN(C(C)C)CC1.CC(C)N1CCN(C(C)C)CC1.CC(C)N1CCN(C)CC1.CC(C)N1CCN(CC(F)(F)F)CC1.CCCN1CCN(C(C)C)CC1.CCN1CCN(C(C)C)CC1.CCN1CCN(C(C)C)CC1. The van der Waals surface area contributed by atoms with Crippen molar-refractivity contribution in [3.63, 3.8) is 0 Å². The third-order valence-electron chi connectivity index (χ3n) is 18.2. The highest BCUT2D eigenvalue weighted by Crippen LogP contribution is 2.18. The van der Waals surface area contributed by atoms with Crippen molar-refractivity contribution >= 4 is 0 Å². The van der Waals surface area contributed by atoms with E-state index in [1.807, 2.05) is 0 Å². The Labute approximate surface area is 515 Å². The smallest absolute Gasteiger partial charge is 0.304 e. The standard InChI is InChI=1S/C11H24N2.2C10H22N2.C9H17F3N2.2C9H20N2.C8H18N2/c1-10(2)9-12-5-7-13(8-6-12)11(3)4;1-9(2)11-5-7-12(8-6-11)10(3)4;1-4-5-11-6-8-12(9-7-11)10(2)3;1-8(2)14-5-3-13(4-6-14)7-9(10,11)12;2*1-4-10-5-7-11(8-6-10)9(2)3;1-8(2)10-6-4-9(3)5-7-10/h10-11H,5-9H2,1-4H3;9-10H,5-8H2,1-4H3;10H,4-9H2,1-3H3;8H,3-7H2,1-2H3;2*9H,4-8H2,1-3H3;8H,4-7H2,1-3H3. The highest BCUT2D eigenvalue weighted by molar-refractivity contribution is 4.80. The molecule has 498 valence electrons. The number of hydrogen-bond donors (Lipinski definition) is 0. The van der Waals surface area contributed by atoms with E-state index in [1.54, 1.807) is 0 Å². The summed E-state index contributed by atoms with van der Waals surface area (Å²) in [6.45, 7) is 84.3. The van der Waals surface area contributed by atoms with Gasteiger partial charge in [-0.15, -0.1) is 0 Å². The summed E-state index contributed by atoms with van der Waals surface area (Å²) in [6, 6.07) is 5.52. The Kier molecular flexibility index (Phi) is 43.2. The van der Waals surface area contributed by atoms with Crippen LogP contribution in [-0.2, 0) is 0 Å². The fraction of sp³-hybridized carbons (Fsp3) is 1.00. The largest absolute Gasteiger partial charge is 0.401 e. The van der Waals surface area contributed by atoms with Crippen molar-refractivity contribution in [3.05, 3.63) is 0 Å². The monoisotopic (exact) mass is 1190 g/mol. The van der Waals surface area contributed by atoms with Crippen LogP contribution in [0.5, 0.6) is 0 Å². The normalized spacial score (nSPS) is 22.5. The summed E-state index contributed by atoms with van der Waals surface area (Å²) < 4.78 is 36.1. The van der Waals surface area contributed by atoms with Crippen LogP contribution < -0.4 is 0 Å². The molecule has 0 radical (unpaired) electrons. The van der Waals surface area contributed by atoms with Gasteiger partial charge in [-0.2, -0.15) is 13.2 Å². The molecule has 7 heterocycles. The van der Waals surface area contributed by atoms with E-state index in [0.29, 0.717) is 19.1 Å². The summed E-state index contributed by atoms with van der Waals surface area (Å²) in [5.41, 5.74) is 0. The van der Waals surface area contributed by atoms with Crippen molar-refractivity contribution in [2.45, 2.75) is 206 Å². The molecule has 7 fully saturated rings. The molecular formula is C66H143F3N14. The maximum atomic E-state index is 12.0. The van der Waals surface area contributed by atoms with E-state index in [2.05, 4.69) is 216 Å². The van der Waals surface area contributed by atoms with E-state index >= 15 is 0 Å². The number of piperazine rings is 7. The zero-order valence-corrected chi connectivity index (χ0v) is 59.1. The Bertz CT molecular complexity index is 1420. The Balaban J connectivity index is 0.000000485. The molecule has 0 aromatic heterocycles. The molecule has 7 aliphatic rings. The summed E-state index contributed by atoms with van der Waals surface area (Å²) >= 11 is 0. The fourth-order valence-corrected chi connectivity index (χ4v) is 11.8. The number of halogens is 3. The topological polar surface area (TPSA) is 45.4 Å². The first kappa shape index (κ1) is 80.2. The molecule has 0 unspecified atom stereocenters. The summed E-state index contributed by atoms with van der Waals surface area (Å²) in [7, 11) is 2.19. The quantitative estimate of drug-likeness (QED) is 0.157. The van der Waals surface area contributed by atoms with Crippen LogP contribution in [0.3, 0.4) is 0 Å². The molecule has 0 aromatic rings. The second-order valence-electron chi connectivity index (χ2n) is 27.6. The molecule has 0 spiro atoms. The van der Waals surface area contributed by atoms with Gasteiger partial charge in [0.25, 0.3) is 0 Å². The second-order valence-corrected chi connectivity index (χ2v) is 27.6. The summed E-state index contributed by atoms with van der Waals surface area (Å²) in [4.78, 5) is 34.1. The van der Waals surface area contributed by atoms with Crippen LogP contribution in [0.2, 0.25) is 0 Å². The number of likely N-dealkylation sites (N-methyl/N-ethyl adjacent to an activating group) is 3. The van der Waals surface area contributed by atoms with Gasteiger partial charge in [0.05, 0.1) is 6.54 Å². The van der Waals surface area contributed by atoms with Gasteiger partial charge in [0.2, 0.25) is 0 Å². The average Bonchev–Trinajstić information content (AvgIpc) is 3.44. The van der Waals surface area contributed by atoms with Crippen LogP contribution in [0.4, 0.5) is 13.2 Å². The first-order chi connectivity index (χ1) is 39.0. The molecule has 17 heteroatoms. The first-order valence-electron chi connectivity index (χ1n) is 34.3. The minimum Gasteiger partial charge on any atom is -0.304 e. The van der Waals surface area contributed by atoms with Gasteiger partial charge in [0.1, 0.15) is 0 Å². The summed E-state index contributed by atoms with van der Waals surface area (Å²) in [5.74, 6) is 0.811. The second kappa shape index (κ2) is 44.6. The maximum absolute atomic E-state index is 12.0. The molecule has 0 atom stereocenters. The van der Waals surface area contributed by atoms with E-state index in [-0.39, 0.29) is 0 Å². The lowest BCUT2D eigenvalue weighted by atomic mass is 10.2. The lowest BCUT2D eigenvalue weighted by molar-refractivity contribution is -0.149. The van der Waals surface area contributed by atoms with Crippen LogP contribution in [-0.4, -0.2) is 346 Å². The number of hydrogen-bond acceptors (Lipinski definition) is 14. The number of alkyl halides is 3. The van der Waals surface area contributed by atoms with Gasteiger partial charge in [0, 0.05) is 238 Å². The zero-order valence-electron chi connectivity index (χ0n) is 59.1. The molecule has 7 aliphatic heterocycles. The molecule has 0 aliphatic carbocycles.